The molecular formula is C17H17NO2. The maximum absolute atomic E-state index is 12.3. The molecule has 0 bridgehead atoms. The first-order valence-corrected chi connectivity index (χ1v) is 6.97. The second kappa shape index (κ2) is 5.08. The van der Waals surface area contributed by atoms with Crippen LogP contribution in [-0.4, -0.2) is 10.4 Å². The van der Waals surface area contributed by atoms with Gasteiger partial charge in [0.05, 0.1) is 6.54 Å². The highest BCUT2D eigenvalue weighted by atomic mass is 16.1. The Balaban J connectivity index is 2.14. The summed E-state index contributed by atoms with van der Waals surface area (Å²) in [5.74, 6) is 0.172. The lowest BCUT2D eigenvalue weighted by Gasteiger charge is -2.22. The fraction of sp³-hybridized carbons (Fsp3) is 0.294. The molecule has 0 fully saturated rings. The van der Waals surface area contributed by atoms with E-state index in [1.807, 2.05) is 37.3 Å². The van der Waals surface area contributed by atoms with E-state index in [0.29, 0.717) is 13.0 Å². The number of carbonyl (C=O) groups excluding carboxylic acids is 1. The van der Waals surface area contributed by atoms with Crippen LogP contribution in [0, 0.1) is 6.92 Å². The molecule has 0 aliphatic heterocycles. The summed E-state index contributed by atoms with van der Waals surface area (Å²) in [7, 11) is 0. The highest BCUT2D eigenvalue weighted by Crippen LogP contribution is 2.23. The van der Waals surface area contributed by atoms with Gasteiger partial charge < -0.3 is 4.57 Å². The minimum atomic E-state index is -0.0141. The zero-order valence-corrected chi connectivity index (χ0v) is 11.6. The van der Waals surface area contributed by atoms with Crippen LogP contribution in [0.4, 0.5) is 0 Å². The van der Waals surface area contributed by atoms with Crippen molar-refractivity contribution in [2.24, 2.45) is 0 Å². The lowest BCUT2D eigenvalue weighted by molar-refractivity contribution is 0.0969. The Hall–Kier alpha value is -2.16. The van der Waals surface area contributed by atoms with Crippen LogP contribution in [0.5, 0.6) is 0 Å². The number of aromatic nitrogens is 1. The first-order chi connectivity index (χ1) is 9.66. The molecule has 0 spiro atoms. The lowest BCUT2D eigenvalue weighted by atomic mass is 9.91. The number of hydrogen-bond acceptors (Lipinski definition) is 2. The molecule has 1 aromatic heterocycles. The SMILES string of the molecule is Cc1cc(=O)n(Cc2ccccc2)c2c1C(=O)CCC2. The largest absolute Gasteiger partial charge is 0.307 e. The normalized spacial score (nSPS) is 14.2. The molecule has 1 aliphatic carbocycles. The van der Waals surface area contributed by atoms with E-state index >= 15 is 0 Å². The van der Waals surface area contributed by atoms with Gasteiger partial charge in [0.25, 0.3) is 5.56 Å². The van der Waals surface area contributed by atoms with Crippen LogP contribution in [0.2, 0.25) is 0 Å². The van der Waals surface area contributed by atoms with Crippen molar-refractivity contribution in [2.45, 2.75) is 32.7 Å². The molecule has 0 amide bonds. The number of nitrogens with zero attached hydrogens (tertiary/aromatic N) is 1. The zero-order chi connectivity index (χ0) is 14.1. The quantitative estimate of drug-likeness (QED) is 0.839. The third-order valence-electron chi connectivity index (χ3n) is 3.89. The van der Waals surface area contributed by atoms with Gasteiger partial charge in [-0.15, -0.1) is 0 Å². The van der Waals surface area contributed by atoms with Gasteiger partial charge in [-0.25, -0.2) is 0 Å². The third kappa shape index (κ3) is 2.20. The Morgan fingerprint density at radius 1 is 1.10 bits per heavy atom. The molecule has 1 aromatic carbocycles. The van der Waals surface area contributed by atoms with Crippen molar-refractivity contribution in [1.82, 2.24) is 4.57 Å². The number of Topliss-reactive ketones (excluding diaryl/α,β-unsaturated/α-hetero) is 1. The van der Waals surface area contributed by atoms with Crippen LogP contribution in [-0.2, 0) is 13.0 Å². The van der Waals surface area contributed by atoms with Crippen molar-refractivity contribution >= 4 is 5.78 Å². The van der Waals surface area contributed by atoms with Gasteiger partial charge in [0.2, 0.25) is 0 Å². The molecule has 3 nitrogen and oxygen atoms in total. The monoisotopic (exact) mass is 267 g/mol. The fourth-order valence-electron chi connectivity index (χ4n) is 2.95. The van der Waals surface area contributed by atoms with Crippen LogP contribution in [0.25, 0.3) is 0 Å². The molecule has 0 radical (unpaired) electrons. The maximum Gasteiger partial charge on any atom is 0.251 e. The fourth-order valence-corrected chi connectivity index (χ4v) is 2.95. The summed E-state index contributed by atoms with van der Waals surface area (Å²) in [5, 5.41) is 0. The van der Waals surface area contributed by atoms with Gasteiger partial charge in [-0.3, -0.25) is 9.59 Å². The molecule has 2 aromatic rings. The van der Waals surface area contributed by atoms with Crippen LogP contribution < -0.4 is 5.56 Å². The number of ketones is 1. The summed E-state index contributed by atoms with van der Waals surface area (Å²) in [4.78, 5) is 24.4. The predicted octanol–water partition coefficient (Wildman–Crippen LogP) is 2.72. The molecule has 0 atom stereocenters. The molecule has 0 saturated carbocycles. The van der Waals surface area contributed by atoms with Crippen molar-refractivity contribution < 1.29 is 4.79 Å². The summed E-state index contributed by atoms with van der Waals surface area (Å²) in [6.45, 7) is 2.39. The smallest absolute Gasteiger partial charge is 0.251 e. The number of fused-ring (bicyclic) bond motifs is 1. The molecule has 0 N–H and O–H groups in total. The van der Waals surface area contributed by atoms with Crippen molar-refractivity contribution in [3.63, 3.8) is 0 Å². The standard InChI is InChI=1S/C17H17NO2/c1-12-10-16(20)18(11-13-6-3-2-4-7-13)14-8-5-9-15(19)17(12)14/h2-4,6-7,10H,5,8-9,11H2,1H3. The van der Waals surface area contributed by atoms with E-state index in [1.165, 1.54) is 0 Å². The highest BCUT2D eigenvalue weighted by Gasteiger charge is 2.23. The zero-order valence-electron chi connectivity index (χ0n) is 11.6. The van der Waals surface area contributed by atoms with E-state index in [4.69, 9.17) is 0 Å². The van der Waals surface area contributed by atoms with Gasteiger partial charge in [0, 0.05) is 23.7 Å². The van der Waals surface area contributed by atoms with Crippen LogP contribution in [0.1, 0.15) is 40.0 Å². The third-order valence-corrected chi connectivity index (χ3v) is 3.89. The molecule has 20 heavy (non-hydrogen) atoms. The van der Waals surface area contributed by atoms with E-state index in [1.54, 1.807) is 10.6 Å². The van der Waals surface area contributed by atoms with Crippen LogP contribution in [0.3, 0.4) is 0 Å². The minimum Gasteiger partial charge on any atom is -0.307 e. The minimum absolute atomic E-state index is 0.0141. The Morgan fingerprint density at radius 3 is 2.60 bits per heavy atom. The summed E-state index contributed by atoms with van der Waals surface area (Å²) in [5.41, 5.74) is 3.57. The molecule has 0 unspecified atom stereocenters. The second-order valence-electron chi connectivity index (χ2n) is 5.34. The molecule has 1 heterocycles. The number of rotatable bonds is 2. The van der Waals surface area contributed by atoms with Crippen molar-refractivity contribution in [2.75, 3.05) is 0 Å². The Morgan fingerprint density at radius 2 is 1.85 bits per heavy atom. The topological polar surface area (TPSA) is 39.1 Å². The van der Waals surface area contributed by atoms with E-state index < -0.39 is 0 Å². The van der Waals surface area contributed by atoms with Gasteiger partial charge in [0.1, 0.15) is 0 Å². The highest BCUT2D eigenvalue weighted by molar-refractivity contribution is 5.99. The first-order valence-electron chi connectivity index (χ1n) is 6.97. The van der Waals surface area contributed by atoms with Crippen molar-refractivity contribution in [1.29, 1.82) is 0 Å². The van der Waals surface area contributed by atoms with E-state index in [9.17, 15) is 9.59 Å². The first kappa shape index (κ1) is 12.9. The Labute approximate surface area is 117 Å². The molecular weight excluding hydrogens is 250 g/mol. The van der Waals surface area contributed by atoms with Crippen LogP contribution in [0.15, 0.2) is 41.2 Å². The summed E-state index contributed by atoms with van der Waals surface area (Å²) in [6.07, 6.45) is 2.24. The number of carbonyl (C=O) groups is 1. The van der Waals surface area contributed by atoms with E-state index in [-0.39, 0.29) is 11.3 Å². The summed E-state index contributed by atoms with van der Waals surface area (Å²) in [6, 6.07) is 11.5. The van der Waals surface area contributed by atoms with Crippen molar-refractivity contribution in [3.05, 3.63) is 69.1 Å². The van der Waals surface area contributed by atoms with Gasteiger partial charge >= 0.3 is 0 Å². The van der Waals surface area contributed by atoms with E-state index in [0.717, 1.165) is 35.2 Å². The number of hydrogen-bond donors (Lipinski definition) is 0. The molecule has 1 aliphatic rings. The number of benzene rings is 1. The summed E-state index contributed by atoms with van der Waals surface area (Å²) < 4.78 is 1.76. The van der Waals surface area contributed by atoms with Crippen LogP contribution >= 0.6 is 0 Å². The Bertz CT molecular complexity index is 714. The molecule has 102 valence electrons. The average Bonchev–Trinajstić information content (AvgIpc) is 2.44. The van der Waals surface area contributed by atoms with Gasteiger partial charge in [-0.1, -0.05) is 30.3 Å². The number of aryl methyl sites for hydroxylation is 1. The summed E-state index contributed by atoms with van der Waals surface area (Å²) >= 11 is 0. The Kier molecular flexibility index (Phi) is 3.26. The molecule has 0 saturated heterocycles. The average molecular weight is 267 g/mol. The van der Waals surface area contributed by atoms with Crippen molar-refractivity contribution in [3.8, 4) is 0 Å². The van der Waals surface area contributed by atoms with Gasteiger partial charge in [0.15, 0.2) is 5.78 Å². The van der Waals surface area contributed by atoms with E-state index in [2.05, 4.69) is 0 Å². The van der Waals surface area contributed by atoms with Gasteiger partial charge in [-0.05, 0) is 30.9 Å². The second-order valence-corrected chi connectivity index (χ2v) is 5.34. The molecule has 3 rings (SSSR count). The molecule has 3 heteroatoms. The lowest BCUT2D eigenvalue weighted by Crippen LogP contribution is -2.29. The predicted molar refractivity (Wildman–Crippen MR) is 78.3 cm³/mol. The van der Waals surface area contributed by atoms with Gasteiger partial charge in [-0.2, -0.15) is 0 Å². The maximum atomic E-state index is 12.3. The number of pyridine rings is 1.